The average molecular weight is 246 g/mol. The first-order chi connectivity index (χ1) is 8.52. The van der Waals surface area contributed by atoms with E-state index in [1.165, 1.54) is 6.08 Å². The van der Waals surface area contributed by atoms with Gasteiger partial charge in [-0.2, -0.15) is 0 Å². The molecular formula is C15H18O3. The van der Waals surface area contributed by atoms with Gasteiger partial charge in [0.2, 0.25) is 0 Å². The number of aliphatic carboxylic acids is 1. The van der Waals surface area contributed by atoms with Crippen molar-refractivity contribution in [3.8, 4) is 5.75 Å². The van der Waals surface area contributed by atoms with E-state index in [0.29, 0.717) is 5.92 Å². The van der Waals surface area contributed by atoms with Gasteiger partial charge in [-0.15, -0.1) is 0 Å². The fourth-order valence-corrected chi connectivity index (χ4v) is 2.13. The summed E-state index contributed by atoms with van der Waals surface area (Å²) in [7, 11) is 1.62. The minimum absolute atomic E-state index is 0.372. The zero-order valence-corrected chi connectivity index (χ0v) is 11.0. The minimum atomic E-state index is -0.891. The summed E-state index contributed by atoms with van der Waals surface area (Å²) < 4.78 is 5.39. The van der Waals surface area contributed by atoms with Crippen LogP contribution in [0.15, 0.2) is 18.2 Å². The molecule has 0 bridgehead atoms. The molecule has 0 aliphatic heterocycles. The molecule has 0 heterocycles. The van der Waals surface area contributed by atoms with Gasteiger partial charge in [0.25, 0.3) is 0 Å². The van der Waals surface area contributed by atoms with Crippen molar-refractivity contribution in [3.05, 3.63) is 34.9 Å². The van der Waals surface area contributed by atoms with Crippen LogP contribution in [-0.4, -0.2) is 18.2 Å². The molecule has 0 spiro atoms. The van der Waals surface area contributed by atoms with Gasteiger partial charge < -0.3 is 9.84 Å². The van der Waals surface area contributed by atoms with Crippen molar-refractivity contribution < 1.29 is 14.6 Å². The maximum absolute atomic E-state index is 10.9. The molecule has 0 radical (unpaired) electrons. The third kappa shape index (κ3) is 2.55. The molecule has 0 saturated heterocycles. The Morgan fingerprint density at radius 3 is 2.44 bits per heavy atom. The molecule has 2 rings (SSSR count). The van der Waals surface area contributed by atoms with E-state index in [4.69, 9.17) is 9.84 Å². The molecule has 18 heavy (non-hydrogen) atoms. The lowest BCUT2D eigenvalue weighted by molar-refractivity contribution is -0.131. The van der Waals surface area contributed by atoms with E-state index in [9.17, 15) is 4.79 Å². The van der Waals surface area contributed by atoms with Crippen molar-refractivity contribution >= 4 is 11.5 Å². The quantitative estimate of drug-likeness (QED) is 0.830. The summed E-state index contributed by atoms with van der Waals surface area (Å²) in [5.74, 6) is 0.242. The highest BCUT2D eigenvalue weighted by molar-refractivity contribution is 5.92. The molecule has 1 aliphatic carbocycles. The molecule has 1 aromatic carbocycles. The minimum Gasteiger partial charge on any atom is -0.496 e. The van der Waals surface area contributed by atoms with Gasteiger partial charge in [0.15, 0.2) is 0 Å². The summed E-state index contributed by atoms with van der Waals surface area (Å²) in [6.45, 7) is 4.06. The number of carboxylic acids is 1. The number of carbonyl (C=O) groups is 1. The van der Waals surface area contributed by atoms with Crippen LogP contribution in [-0.2, 0) is 4.79 Å². The lowest BCUT2D eigenvalue weighted by atomic mass is 9.96. The summed E-state index contributed by atoms with van der Waals surface area (Å²) in [6.07, 6.45) is 3.45. The zero-order valence-electron chi connectivity index (χ0n) is 11.0. The maximum Gasteiger partial charge on any atom is 0.328 e. The summed E-state index contributed by atoms with van der Waals surface area (Å²) in [6, 6.07) is 4.00. The molecule has 0 amide bonds. The van der Waals surface area contributed by atoms with Gasteiger partial charge >= 0.3 is 5.97 Å². The van der Waals surface area contributed by atoms with Crippen LogP contribution in [0.5, 0.6) is 5.75 Å². The second-order valence-electron chi connectivity index (χ2n) is 4.85. The van der Waals surface area contributed by atoms with Gasteiger partial charge in [-0.1, -0.05) is 0 Å². The number of ether oxygens (including phenoxy) is 1. The van der Waals surface area contributed by atoms with Gasteiger partial charge in [0, 0.05) is 11.6 Å². The summed E-state index contributed by atoms with van der Waals surface area (Å²) in [5.41, 5.74) is 4.12. The molecule has 0 unspecified atom stereocenters. The smallest absolute Gasteiger partial charge is 0.328 e. The monoisotopic (exact) mass is 246 g/mol. The number of allylic oxidation sites excluding steroid dienone is 1. The van der Waals surface area contributed by atoms with E-state index in [-0.39, 0.29) is 0 Å². The maximum atomic E-state index is 10.9. The Bertz CT molecular complexity index is 511. The van der Waals surface area contributed by atoms with Crippen LogP contribution in [0.3, 0.4) is 0 Å². The van der Waals surface area contributed by atoms with Crippen LogP contribution >= 0.6 is 0 Å². The van der Waals surface area contributed by atoms with Crippen LogP contribution in [0.1, 0.15) is 29.5 Å². The van der Waals surface area contributed by atoms with Crippen LogP contribution in [0.4, 0.5) is 0 Å². The summed E-state index contributed by atoms with van der Waals surface area (Å²) in [4.78, 5) is 10.9. The van der Waals surface area contributed by atoms with Crippen LogP contribution in [0.2, 0.25) is 0 Å². The second-order valence-corrected chi connectivity index (χ2v) is 4.85. The van der Waals surface area contributed by atoms with Crippen molar-refractivity contribution in [2.45, 2.75) is 26.7 Å². The average Bonchev–Trinajstić information content (AvgIpc) is 3.13. The Morgan fingerprint density at radius 2 is 1.94 bits per heavy atom. The zero-order chi connectivity index (χ0) is 13.3. The van der Waals surface area contributed by atoms with Gasteiger partial charge in [0.1, 0.15) is 5.75 Å². The van der Waals surface area contributed by atoms with Crippen molar-refractivity contribution in [2.24, 2.45) is 5.92 Å². The van der Waals surface area contributed by atoms with Crippen molar-refractivity contribution in [2.75, 3.05) is 7.11 Å². The summed E-state index contributed by atoms with van der Waals surface area (Å²) >= 11 is 0. The number of hydrogen-bond donors (Lipinski definition) is 1. The summed E-state index contributed by atoms with van der Waals surface area (Å²) in [5, 5.41) is 8.99. The molecule has 96 valence electrons. The molecule has 3 nitrogen and oxygen atoms in total. The number of hydrogen-bond acceptors (Lipinski definition) is 2. The van der Waals surface area contributed by atoms with Gasteiger partial charge in [0.05, 0.1) is 7.11 Å². The van der Waals surface area contributed by atoms with Crippen LogP contribution in [0, 0.1) is 19.8 Å². The van der Waals surface area contributed by atoms with E-state index in [1.807, 2.05) is 26.0 Å². The SMILES string of the molecule is COc1cc(C)c(C)cc1/C(=C/C(=O)O)C1CC1. The van der Waals surface area contributed by atoms with E-state index >= 15 is 0 Å². The van der Waals surface area contributed by atoms with Crippen LogP contribution in [0.25, 0.3) is 5.57 Å². The number of carboxylic acid groups (broad SMARTS) is 1. The third-order valence-electron chi connectivity index (χ3n) is 3.42. The highest BCUT2D eigenvalue weighted by atomic mass is 16.5. The Kier molecular flexibility index (Phi) is 3.41. The molecule has 1 fully saturated rings. The van der Waals surface area contributed by atoms with E-state index in [1.54, 1.807) is 7.11 Å². The Labute approximate surface area is 107 Å². The molecule has 1 saturated carbocycles. The fourth-order valence-electron chi connectivity index (χ4n) is 2.13. The lowest BCUT2D eigenvalue weighted by Crippen LogP contribution is -1.99. The highest BCUT2D eigenvalue weighted by Gasteiger charge is 2.29. The molecule has 1 N–H and O–H groups in total. The molecule has 0 atom stereocenters. The van der Waals surface area contributed by atoms with Gasteiger partial charge in [-0.25, -0.2) is 4.79 Å². The fraction of sp³-hybridized carbons (Fsp3) is 0.400. The molecule has 0 aromatic heterocycles. The first kappa shape index (κ1) is 12.7. The van der Waals surface area contributed by atoms with Crippen molar-refractivity contribution in [1.29, 1.82) is 0 Å². The van der Waals surface area contributed by atoms with Gasteiger partial charge in [-0.05, 0) is 61.4 Å². The predicted molar refractivity (Wildman–Crippen MR) is 70.8 cm³/mol. The van der Waals surface area contributed by atoms with Crippen molar-refractivity contribution in [3.63, 3.8) is 0 Å². The van der Waals surface area contributed by atoms with Gasteiger partial charge in [-0.3, -0.25) is 0 Å². The Morgan fingerprint density at radius 1 is 1.33 bits per heavy atom. The first-order valence-electron chi connectivity index (χ1n) is 6.13. The normalized spacial score (nSPS) is 15.6. The Hall–Kier alpha value is -1.77. The predicted octanol–water partition coefficient (Wildman–Crippen LogP) is 3.19. The topological polar surface area (TPSA) is 46.5 Å². The molecular weight excluding hydrogens is 228 g/mol. The first-order valence-corrected chi connectivity index (χ1v) is 6.13. The Balaban J connectivity index is 2.53. The number of methoxy groups -OCH3 is 1. The molecule has 1 aliphatic rings. The largest absolute Gasteiger partial charge is 0.496 e. The van der Waals surface area contributed by atoms with Crippen LogP contribution < -0.4 is 4.74 Å². The number of benzene rings is 1. The van der Waals surface area contributed by atoms with Crippen molar-refractivity contribution in [1.82, 2.24) is 0 Å². The van der Waals surface area contributed by atoms with E-state index < -0.39 is 5.97 Å². The second kappa shape index (κ2) is 4.84. The third-order valence-corrected chi connectivity index (χ3v) is 3.42. The lowest BCUT2D eigenvalue weighted by Gasteiger charge is -2.14. The van der Waals surface area contributed by atoms with E-state index in [0.717, 1.165) is 40.9 Å². The highest BCUT2D eigenvalue weighted by Crippen LogP contribution is 2.45. The number of rotatable bonds is 4. The van der Waals surface area contributed by atoms with E-state index in [2.05, 4.69) is 0 Å². The standard InChI is InChI=1S/C15H18O3/c1-9-6-13(14(18-3)7-10(9)2)12(8-15(16)17)11-4-5-11/h6-8,11H,4-5H2,1-3H3,(H,16,17)/b12-8+. The molecule has 1 aromatic rings. The number of aryl methyl sites for hydroxylation is 2. The molecule has 3 heteroatoms.